The Morgan fingerprint density at radius 1 is 1.06 bits per heavy atom. The first-order valence-electron chi connectivity index (χ1n) is 5.63. The molecular formula is C14H11ClN2S. The van der Waals surface area contributed by atoms with Gasteiger partial charge in [0.05, 0.1) is 11.4 Å². The zero-order valence-corrected chi connectivity index (χ0v) is 11.1. The number of halogens is 1. The fourth-order valence-corrected chi connectivity index (χ4v) is 2.75. The Kier molecular flexibility index (Phi) is 3.26. The van der Waals surface area contributed by atoms with E-state index in [-0.39, 0.29) is 0 Å². The topological polar surface area (TPSA) is 24.4 Å². The van der Waals surface area contributed by atoms with E-state index >= 15 is 0 Å². The molecule has 0 amide bonds. The first-order valence-corrected chi connectivity index (χ1v) is 6.99. The van der Waals surface area contributed by atoms with Gasteiger partial charge >= 0.3 is 0 Å². The van der Waals surface area contributed by atoms with E-state index in [1.54, 1.807) is 11.8 Å². The van der Waals surface area contributed by atoms with Crippen LogP contribution in [-0.4, -0.2) is 11.6 Å². The van der Waals surface area contributed by atoms with E-state index in [9.17, 15) is 0 Å². The Morgan fingerprint density at radius 2 is 1.83 bits per heavy atom. The Morgan fingerprint density at radius 3 is 2.67 bits per heavy atom. The highest BCUT2D eigenvalue weighted by Gasteiger charge is 2.11. The lowest BCUT2D eigenvalue weighted by atomic mass is 10.3. The molecule has 0 saturated carbocycles. The van der Waals surface area contributed by atoms with Crippen LogP contribution in [0.15, 0.2) is 58.4 Å². The lowest BCUT2D eigenvalue weighted by Crippen LogP contribution is -2.16. The number of rotatable bonds is 1. The van der Waals surface area contributed by atoms with Gasteiger partial charge in [0, 0.05) is 15.6 Å². The molecule has 0 unspecified atom stereocenters. The Labute approximate surface area is 115 Å². The summed E-state index contributed by atoms with van der Waals surface area (Å²) in [5.41, 5.74) is 2.04. The maximum absolute atomic E-state index is 5.86. The van der Waals surface area contributed by atoms with Gasteiger partial charge in [-0.15, -0.1) is 11.8 Å². The molecule has 0 radical (unpaired) electrons. The number of anilines is 1. The molecule has 0 atom stereocenters. The van der Waals surface area contributed by atoms with Crippen LogP contribution in [-0.2, 0) is 0 Å². The third-order valence-corrected chi connectivity index (χ3v) is 3.94. The minimum atomic E-state index is 0.742. The number of para-hydroxylation sites is 1. The standard InChI is InChI=1S/C14H11ClN2S/c15-10-5-7-11(8-6-10)16-14-9-18-13-4-2-1-3-12(13)17-14/h1-8H,9H2,(H,16,17). The molecule has 1 aliphatic heterocycles. The van der Waals surface area contributed by atoms with Crippen LogP contribution in [0, 0.1) is 0 Å². The van der Waals surface area contributed by atoms with E-state index in [1.165, 1.54) is 4.90 Å². The molecule has 0 spiro atoms. The molecule has 1 aliphatic rings. The summed E-state index contributed by atoms with van der Waals surface area (Å²) in [5, 5.41) is 4.06. The number of nitrogens with zero attached hydrogens (tertiary/aromatic N) is 1. The molecule has 90 valence electrons. The van der Waals surface area contributed by atoms with Crippen LogP contribution in [0.4, 0.5) is 11.4 Å². The number of benzene rings is 2. The predicted molar refractivity (Wildman–Crippen MR) is 79.3 cm³/mol. The summed E-state index contributed by atoms with van der Waals surface area (Å²) in [5.74, 6) is 1.83. The number of hydrogen-bond donors (Lipinski definition) is 1. The highest BCUT2D eigenvalue weighted by atomic mass is 35.5. The third-order valence-electron chi connectivity index (χ3n) is 2.62. The van der Waals surface area contributed by atoms with Crippen molar-refractivity contribution in [2.24, 2.45) is 4.99 Å². The van der Waals surface area contributed by atoms with Gasteiger partial charge in [-0.1, -0.05) is 23.7 Å². The zero-order valence-electron chi connectivity index (χ0n) is 9.56. The maximum atomic E-state index is 5.86. The van der Waals surface area contributed by atoms with E-state index in [2.05, 4.69) is 16.4 Å². The third kappa shape index (κ3) is 2.52. The minimum Gasteiger partial charge on any atom is -0.343 e. The fourth-order valence-electron chi connectivity index (χ4n) is 1.76. The lowest BCUT2D eigenvalue weighted by molar-refractivity contribution is 1.34. The highest BCUT2D eigenvalue weighted by molar-refractivity contribution is 8.00. The van der Waals surface area contributed by atoms with Gasteiger partial charge in [0.2, 0.25) is 0 Å². The van der Waals surface area contributed by atoms with E-state index in [0.29, 0.717) is 0 Å². The summed E-state index contributed by atoms with van der Waals surface area (Å²) in [4.78, 5) is 5.85. The number of aliphatic imine (C=N–C) groups is 1. The number of nitrogens with one attached hydrogen (secondary N) is 1. The van der Waals surface area contributed by atoms with Gasteiger partial charge in [-0.2, -0.15) is 0 Å². The van der Waals surface area contributed by atoms with E-state index in [4.69, 9.17) is 11.6 Å². The Balaban J connectivity index is 1.83. The van der Waals surface area contributed by atoms with Crippen molar-refractivity contribution in [1.82, 2.24) is 0 Å². The molecule has 2 nitrogen and oxygen atoms in total. The Hall–Kier alpha value is -1.45. The van der Waals surface area contributed by atoms with Crippen molar-refractivity contribution >= 4 is 40.6 Å². The molecule has 0 aliphatic carbocycles. The molecule has 4 heteroatoms. The average molecular weight is 275 g/mol. The number of amidine groups is 1. The van der Waals surface area contributed by atoms with Gasteiger partial charge in [0.1, 0.15) is 5.84 Å². The van der Waals surface area contributed by atoms with E-state index in [0.717, 1.165) is 28.0 Å². The zero-order chi connectivity index (χ0) is 12.4. The van der Waals surface area contributed by atoms with Crippen LogP contribution in [0.25, 0.3) is 0 Å². The normalized spacial score (nSPS) is 13.7. The van der Waals surface area contributed by atoms with E-state index < -0.39 is 0 Å². The van der Waals surface area contributed by atoms with E-state index in [1.807, 2.05) is 42.5 Å². The fraction of sp³-hybridized carbons (Fsp3) is 0.0714. The van der Waals surface area contributed by atoms with Gasteiger partial charge in [-0.3, -0.25) is 0 Å². The summed E-state index contributed by atoms with van der Waals surface area (Å²) in [6, 6.07) is 15.8. The van der Waals surface area contributed by atoms with Gasteiger partial charge < -0.3 is 5.32 Å². The van der Waals surface area contributed by atoms with Crippen molar-refractivity contribution in [3.05, 3.63) is 53.6 Å². The number of thioether (sulfide) groups is 1. The molecule has 2 aromatic carbocycles. The Bertz CT molecular complexity index is 593. The van der Waals surface area contributed by atoms with Crippen LogP contribution >= 0.6 is 23.4 Å². The number of fused-ring (bicyclic) bond motifs is 1. The largest absolute Gasteiger partial charge is 0.343 e. The summed E-state index contributed by atoms with van der Waals surface area (Å²) >= 11 is 7.66. The lowest BCUT2D eigenvalue weighted by Gasteiger charge is -2.16. The average Bonchev–Trinajstić information content (AvgIpc) is 2.41. The van der Waals surface area contributed by atoms with Gasteiger partial charge in [0.15, 0.2) is 0 Å². The smallest absolute Gasteiger partial charge is 0.117 e. The summed E-state index contributed by atoms with van der Waals surface area (Å²) in [6.07, 6.45) is 0. The maximum Gasteiger partial charge on any atom is 0.117 e. The van der Waals surface area contributed by atoms with Crippen molar-refractivity contribution in [3.8, 4) is 0 Å². The molecule has 0 fully saturated rings. The first-order chi connectivity index (χ1) is 8.81. The van der Waals surface area contributed by atoms with Gasteiger partial charge in [-0.05, 0) is 36.4 Å². The van der Waals surface area contributed by atoms with Crippen LogP contribution in [0.1, 0.15) is 0 Å². The number of hydrogen-bond acceptors (Lipinski definition) is 3. The molecule has 1 heterocycles. The van der Waals surface area contributed by atoms with Crippen molar-refractivity contribution < 1.29 is 0 Å². The molecule has 1 N–H and O–H groups in total. The molecule has 2 aromatic rings. The second-order valence-electron chi connectivity index (χ2n) is 3.95. The van der Waals surface area contributed by atoms with Crippen molar-refractivity contribution in [1.29, 1.82) is 0 Å². The molecular weight excluding hydrogens is 264 g/mol. The van der Waals surface area contributed by atoms with Crippen molar-refractivity contribution in [3.63, 3.8) is 0 Å². The summed E-state index contributed by atoms with van der Waals surface area (Å²) < 4.78 is 0. The second kappa shape index (κ2) is 5.04. The molecule has 3 rings (SSSR count). The first kappa shape index (κ1) is 11.6. The monoisotopic (exact) mass is 274 g/mol. The quantitative estimate of drug-likeness (QED) is 0.823. The predicted octanol–water partition coefficient (Wildman–Crippen LogP) is 4.59. The van der Waals surface area contributed by atoms with Crippen LogP contribution in [0.2, 0.25) is 5.02 Å². The van der Waals surface area contributed by atoms with Crippen molar-refractivity contribution in [2.75, 3.05) is 11.1 Å². The summed E-state index contributed by atoms with van der Waals surface area (Å²) in [6.45, 7) is 0. The molecule has 0 saturated heterocycles. The minimum absolute atomic E-state index is 0.742. The van der Waals surface area contributed by atoms with Crippen LogP contribution < -0.4 is 5.32 Å². The van der Waals surface area contributed by atoms with Crippen LogP contribution in [0.3, 0.4) is 0 Å². The van der Waals surface area contributed by atoms with Gasteiger partial charge in [0.25, 0.3) is 0 Å². The van der Waals surface area contributed by atoms with Crippen molar-refractivity contribution in [2.45, 2.75) is 4.90 Å². The van der Waals surface area contributed by atoms with Crippen LogP contribution in [0.5, 0.6) is 0 Å². The molecule has 0 bridgehead atoms. The van der Waals surface area contributed by atoms with Gasteiger partial charge in [-0.25, -0.2) is 4.99 Å². The molecule has 0 aromatic heterocycles. The second-order valence-corrected chi connectivity index (χ2v) is 5.40. The molecule has 18 heavy (non-hydrogen) atoms. The highest BCUT2D eigenvalue weighted by Crippen LogP contribution is 2.33. The summed E-state index contributed by atoms with van der Waals surface area (Å²) in [7, 11) is 0. The SMILES string of the molecule is Clc1ccc(NC2=Nc3ccccc3SC2)cc1.